The molecule has 0 amide bonds. The van der Waals surface area contributed by atoms with Crippen LogP contribution in [0.25, 0.3) is 0 Å². The molecule has 1 atom stereocenters. The summed E-state index contributed by atoms with van der Waals surface area (Å²) >= 11 is 0. The Morgan fingerprint density at radius 1 is 1.35 bits per heavy atom. The summed E-state index contributed by atoms with van der Waals surface area (Å²) in [7, 11) is 3.84. The van der Waals surface area contributed by atoms with Crippen LogP contribution in [0.1, 0.15) is 24.7 Å². The standard InChI is InChI=1S/C12H22N4O/c1-8(17)6-7-16(5)12-9(2)11(13-4)14-10(3)15-12/h8,17H,6-7H2,1-5H3,(H,13,14,15). The lowest BCUT2D eigenvalue weighted by Crippen LogP contribution is -2.24. The highest BCUT2D eigenvalue weighted by molar-refractivity contribution is 5.58. The summed E-state index contributed by atoms with van der Waals surface area (Å²) < 4.78 is 0. The van der Waals surface area contributed by atoms with E-state index in [-0.39, 0.29) is 6.10 Å². The number of aryl methyl sites for hydroxylation is 1. The number of hydrogen-bond acceptors (Lipinski definition) is 5. The fraction of sp³-hybridized carbons (Fsp3) is 0.667. The van der Waals surface area contributed by atoms with E-state index in [1.165, 1.54) is 0 Å². The molecule has 96 valence electrons. The predicted molar refractivity (Wildman–Crippen MR) is 70.6 cm³/mol. The molecule has 1 aromatic rings. The zero-order valence-electron chi connectivity index (χ0n) is 11.3. The van der Waals surface area contributed by atoms with E-state index >= 15 is 0 Å². The van der Waals surface area contributed by atoms with E-state index in [0.29, 0.717) is 0 Å². The molecule has 0 bridgehead atoms. The van der Waals surface area contributed by atoms with Crippen LogP contribution < -0.4 is 10.2 Å². The maximum absolute atomic E-state index is 9.30. The normalized spacial score (nSPS) is 12.4. The predicted octanol–water partition coefficient (Wildman–Crippen LogP) is 1.34. The first-order chi connectivity index (χ1) is 7.95. The number of hydrogen-bond donors (Lipinski definition) is 2. The summed E-state index contributed by atoms with van der Waals surface area (Å²) in [6.07, 6.45) is 0.443. The van der Waals surface area contributed by atoms with Gasteiger partial charge < -0.3 is 15.3 Å². The third-order valence-electron chi connectivity index (χ3n) is 2.71. The lowest BCUT2D eigenvalue weighted by Gasteiger charge is -2.22. The lowest BCUT2D eigenvalue weighted by atomic mass is 10.2. The van der Waals surface area contributed by atoms with Crippen molar-refractivity contribution in [2.24, 2.45) is 0 Å². The van der Waals surface area contributed by atoms with Crippen LogP contribution >= 0.6 is 0 Å². The molecule has 0 aliphatic rings. The summed E-state index contributed by atoms with van der Waals surface area (Å²) in [6, 6.07) is 0. The lowest BCUT2D eigenvalue weighted by molar-refractivity contribution is 0.187. The molecule has 1 rings (SSSR count). The molecular weight excluding hydrogens is 216 g/mol. The van der Waals surface area contributed by atoms with Crippen LogP contribution in [0.4, 0.5) is 11.6 Å². The van der Waals surface area contributed by atoms with Crippen molar-refractivity contribution in [2.75, 3.05) is 30.9 Å². The van der Waals surface area contributed by atoms with Gasteiger partial charge in [-0.2, -0.15) is 0 Å². The van der Waals surface area contributed by atoms with Gasteiger partial charge >= 0.3 is 0 Å². The number of aliphatic hydroxyl groups excluding tert-OH is 1. The van der Waals surface area contributed by atoms with Gasteiger partial charge in [0, 0.05) is 26.2 Å². The van der Waals surface area contributed by atoms with Crippen molar-refractivity contribution in [1.29, 1.82) is 0 Å². The van der Waals surface area contributed by atoms with Crippen molar-refractivity contribution in [1.82, 2.24) is 9.97 Å². The summed E-state index contributed by atoms with van der Waals surface area (Å²) in [5.74, 6) is 2.53. The second kappa shape index (κ2) is 5.82. The molecule has 0 saturated carbocycles. The second-order valence-electron chi connectivity index (χ2n) is 4.38. The highest BCUT2D eigenvalue weighted by Gasteiger charge is 2.12. The van der Waals surface area contributed by atoms with Crippen molar-refractivity contribution in [3.05, 3.63) is 11.4 Å². The van der Waals surface area contributed by atoms with Gasteiger partial charge in [-0.3, -0.25) is 0 Å². The number of aromatic nitrogens is 2. The Morgan fingerprint density at radius 2 is 2.00 bits per heavy atom. The van der Waals surface area contributed by atoms with Gasteiger partial charge in [-0.25, -0.2) is 9.97 Å². The van der Waals surface area contributed by atoms with E-state index < -0.39 is 0 Å². The molecule has 1 heterocycles. The topological polar surface area (TPSA) is 61.3 Å². The third-order valence-corrected chi connectivity index (χ3v) is 2.71. The van der Waals surface area contributed by atoms with Crippen LogP contribution in [0.15, 0.2) is 0 Å². The molecular formula is C12H22N4O. The Bertz CT molecular complexity index is 379. The Labute approximate surface area is 103 Å². The number of anilines is 2. The third kappa shape index (κ3) is 3.56. The van der Waals surface area contributed by atoms with Crippen molar-refractivity contribution in [3.8, 4) is 0 Å². The van der Waals surface area contributed by atoms with Crippen LogP contribution in [0.5, 0.6) is 0 Å². The minimum Gasteiger partial charge on any atom is -0.393 e. The maximum atomic E-state index is 9.30. The Hall–Kier alpha value is -1.36. The largest absolute Gasteiger partial charge is 0.393 e. The Morgan fingerprint density at radius 3 is 2.53 bits per heavy atom. The fourth-order valence-corrected chi connectivity index (χ4v) is 1.72. The van der Waals surface area contributed by atoms with Gasteiger partial charge in [-0.1, -0.05) is 0 Å². The van der Waals surface area contributed by atoms with Gasteiger partial charge in [0.15, 0.2) is 0 Å². The van der Waals surface area contributed by atoms with Crippen molar-refractivity contribution < 1.29 is 5.11 Å². The number of aliphatic hydroxyl groups is 1. The summed E-state index contributed by atoms with van der Waals surface area (Å²) in [4.78, 5) is 10.8. The number of nitrogens with zero attached hydrogens (tertiary/aromatic N) is 3. The minimum absolute atomic E-state index is 0.288. The van der Waals surface area contributed by atoms with Gasteiger partial charge in [0.1, 0.15) is 17.5 Å². The average molecular weight is 238 g/mol. The molecule has 5 heteroatoms. The van der Waals surface area contributed by atoms with Gasteiger partial charge in [-0.05, 0) is 27.2 Å². The maximum Gasteiger partial charge on any atom is 0.137 e. The van der Waals surface area contributed by atoms with Gasteiger partial charge in [0.2, 0.25) is 0 Å². The van der Waals surface area contributed by atoms with Crippen molar-refractivity contribution in [2.45, 2.75) is 33.3 Å². The molecule has 0 radical (unpaired) electrons. The van der Waals surface area contributed by atoms with Crippen molar-refractivity contribution in [3.63, 3.8) is 0 Å². The van der Waals surface area contributed by atoms with Crippen LogP contribution in [0, 0.1) is 13.8 Å². The zero-order chi connectivity index (χ0) is 13.0. The van der Waals surface area contributed by atoms with Crippen LogP contribution in [0.3, 0.4) is 0 Å². The molecule has 0 aromatic carbocycles. The average Bonchev–Trinajstić information content (AvgIpc) is 2.28. The molecule has 0 saturated heterocycles. The summed E-state index contributed by atoms with van der Waals surface area (Å²) in [6.45, 7) is 6.45. The van der Waals surface area contributed by atoms with E-state index in [1.807, 2.05) is 27.9 Å². The number of nitrogens with one attached hydrogen (secondary N) is 1. The molecule has 0 aliphatic carbocycles. The van der Waals surface area contributed by atoms with E-state index in [4.69, 9.17) is 0 Å². The smallest absolute Gasteiger partial charge is 0.137 e. The molecule has 5 nitrogen and oxygen atoms in total. The molecule has 0 fully saturated rings. The van der Waals surface area contributed by atoms with Crippen LogP contribution in [0.2, 0.25) is 0 Å². The van der Waals surface area contributed by atoms with Crippen LogP contribution in [-0.2, 0) is 0 Å². The van der Waals surface area contributed by atoms with Crippen molar-refractivity contribution >= 4 is 11.6 Å². The molecule has 2 N–H and O–H groups in total. The summed E-state index contributed by atoms with van der Waals surface area (Å²) in [5.41, 5.74) is 1.03. The van der Waals surface area contributed by atoms with Crippen LogP contribution in [-0.4, -0.2) is 41.8 Å². The Kier molecular flexibility index (Phi) is 4.69. The fourth-order valence-electron chi connectivity index (χ4n) is 1.72. The Balaban J connectivity index is 2.92. The van der Waals surface area contributed by atoms with Gasteiger partial charge in [0.05, 0.1) is 6.10 Å². The minimum atomic E-state index is -0.288. The number of rotatable bonds is 5. The van der Waals surface area contributed by atoms with E-state index in [1.54, 1.807) is 6.92 Å². The quantitative estimate of drug-likeness (QED) is 0.810. The first-order valence-electron chi connectivity index (χ1n) is 5.88. The first-order valence-corrected chi connectivity index (χ1v) is 5.88. The summed E-state index contributed by atoms with van der Waals surface area (Å²) in [5, 5.41) is 12.4. The van der Waals surface area contributed by atoms with Gasteiger partial charge in [0.25, 0.3) is 0 Å². The highest BCUT2D eigenvalue weighted by Crippen LogP contribution is 2.22. The molecule has 0 spiro atoms. The van der Waals surface area contributed by atoms with Gasteiger partial charge in [-0.15, -0.1) is 0 Å². The zero-order valence-corrected chi connectivity index (χ0v) is 11.3. The molecule has 17 heavy (non-hydrogen) atoms. The molecule has 0 aliphatic heterocycles. The highest BCUT2D eigenvalue weighted by atomic mass is 16.3. The second-order valence-corrected chi connectivity index (χ2v) is 4.38. The monoisotopic (exact) mass is 238 g/mol. The van der Waals surface area contributed by atoms with E-state index in [2.05, 4.69) is 20.2 Å². The molecule has 1 aromatic heterocycles. The molecule has 1 unspecified atom stereocenters. The van der Waals surface area contributed by atoms with E-state index in [9.17, 15) is 5.11 Å². The SMILES string of the molecule is CNc1nc(C)nc(N(C)CCC(C)O)c1C. The van der Waals surface area contributed by atoms with E-state index in [0.717, 1.165) is 36.0 Å². The first kappa shape index (κ1) is 13.7.